The molecule has 1 fully saturated rings. The monoisotopic (exact) mass is 283 g/mol. The second-order valence-electron chi connectivity index (χ2n) is 5.28. The van der Waals surface area contributed by atoms with Gasteiger partial charge in [0.25, 0.3) is 5.91 Å². The lowest BCUT2D eigenvalue weighted by molar-refractivity contribution is -0.141. The van der Waals surface area contributed by atoms with Crippen LogP contribution in [0.2, 0.25) is 0 Å². The Hall–Kier alpha value is -1.63. The Labute approximate surface area is 118 Å². The van der Waals surface area contributed by atoms with Crippen LogP contribution < -0.4 is 0 Å². The minimum Gasteiger partial charge on any atom is -0.477 e. The van der Waals surface area contributed by atoms with Gasteiger partial charge in [-0.3, -0.25) is 9.69 Å². The average Bonchev–Trinajstić information content (AvgIpc) is 3.06. The predicted molar refractivity (Wildman–Crippen MR) is 72.5 cm³/mol. The predicted octanol–water partition coefficient (Wildman–Crippen LogP) is 0.159. The molecule has 0 aromatic rings. The molecule has 112 valence electrons. The van der Waals surface area contributed by atoms with Gasteiger partial charge in [-0.1, -0.05) is 12.1 Å². The van der Waals surface area contributed by atoms with Crippen LogP contribution in [0.15, 0.2) is 5.16 Å². The molecule has 0 radical (unpaired) electrons. The fraction of sp³-hybridized carbons (Fsp3) is 0.769. The molecule has 20 heavy (non-hydrogen) atoms. The number of hydrogen-bond donors (Lipinski definition) is 1. The summed E-state index contributed by atoms with van der Waals surface area (Å²) in [4.78, 5) is 31.9. The van der Waals surface area contributed by atoms with Crippen molar-refractivity contribution in [2.24, 2.45) is 5.16 Å². The zero-order valence-electron chi connectivity index (χ0n) is 11.9. The van der Waals surface area contributed by atoms with E-state index in [1.807, 2.05) is 0 Å². The Morgan fingerprint density at radius 1 is 1.55 bits per heavy atom. The molecule has 2 aliphatic rings. The first kappa shape index (κ1) is 14.8. The maximum Gasteiger partial charge on any atom is 0.353 e. The van der Waals surface area contributed by atoms with Crippen LogP contribution in [0.25, 0.3) is 0 Å². The van der Waals surface area contributed by atoms with Crippen LogP contribution in [0.4, 0.5) is 0 Å². The van der Waals surface area contributed by atoms with E-state index in [0.29, 0.717) is 12.6 Å². The van der Waals surface area contributed by atoms with Gasteiger partial charge in [0.1, 0.15) is 0 Å². The number of carbonyl (C=O) groups excluding carboxylic acids is 1. The number of oxime groups is 1. The first-order chi connectivity index (χ1) is 9.52. The third kappa shape index (κ3) is 3.09. The van der Waals surface area contributed by atoms with Crippen molar-refractivity contribution < 1.29 is 19.5 Å². The Balaban J connectivity index is 1.85. The zero-order valence-corrected chi connectivity index (χ0v) is 11.9. The van der Waals surface area contributed by atoms with Crippen LogP contribution in [0.5, 0.6) is 0 Å². The molecular weight excluding hydrogens is 262 g/mol. The maximum atomic E-state index is 12.2. The number of carbonyl (C=O) groups is 2. The van der Waals surface area contributed by atoms with E-state index < -0.39 is 12.1 Å². The number of aliphatic carboxylic acids is 1. The fourth-order valence-corrected chi connectivity index (χ4v) is 2.81. The molecule has 0 bridgehead atoms. The van der Waals surface area contributed by atoms with Crippen molar-refractivity contribution in [2.45, 2.75) is 38.3 Å². The summed E-state index contributed by atoms with van der Waals surface area (Å²) in [5.74, 6) is -1.33. The molecule has 1 saturated heterocycles. The molecule has 7 heteroatoms. The molecule has 0 spiro atoms. The third-order valence-corrected chi connectivity index (χ3v) is 3.96. The van der Waals surface area contributed by atoms with Gasteiger partial charge in [0.2, 0.25) is 6.10 Å². The van der Waals surface area contributed by atoms with Crippen molar-refractivity contribution in [1.82, 2.24) is 9.80 Å². The smallest absolute Gasteiger partial charge is 0.353 e. The summed E-state index contributed by atoms with van der Waals surface area (Å²) >= 11 is 0. The molecule has 2 heterocycles. The number of nitrogens with zero attached hydrogens (tertiary/aromatic N) is 3. The first-order valence-electron chi connectivity index (χ1n) is 6.98. The molecule has 1 amide bonds. The molecule has 7 nitrogen and oxygen atoms in total. The van der Waals surface area contributed by atoms with E-state index >= 15 is 0 Å². The summed E-state index contributed by atoms with van der Waals surface area (Å²) < 4.78 is 0. The molecule has 0 aliphatic carbocycles. The van der Waals surface area contributed by atoms with Crippen molar-refractivity contribution in [3.05, 3.63) is 0 Å². The van der Waals surface area contributed by atoms with Gasteiger partial charge in [-0.25, -0.2) is 4.79 Å². The lowest BCUT2D eigenvalue weighted by Crippen LogP contribution is -2.44. The lowest BCUT2D eigenvalue weighted by Gasteiger charge is -2.28. The molecule has 2 aliphatic heterocycles. The Kier molecular flexibility index (Phi) is 4.59. The van der Waals surface area contributed by atoms with Crippen LogP contribution in [-0.4, -0.2) is 71.3 Å². The number of likely N-dealkylation sites (N-methyl/N-ethyl adjacent to an activating group) is 2. The van der Waals surface area contributed by atoms with Gasteiger partial charge in [-0.15, -0.1) is 0 Å². The molecule has 1 N–H and O–H groups in total. The van der Waals surface area contributed by atoms with Crippen LogP contribution in [0.1, 0.15) is 26.2 Å². The second-order valence-corrected chi connectivity index (χ2v) is 5.28. The standard InChI is InChI=1S/C13H21N3O4/c1-3-16-6-4-5-9(16)8-15(2)12(17)11-7-10(13(18)19)14-20-11/h9,11H,3-8H2,1-2H3,(H,18,19). The average molecular weight is 283 g/mol. The highest BCUT2D eigenvalue weighted by molar-refractivity contribution is 6.36. The van der Waals surface area contributed by atoms with Gasteiger partial charge in [0, 0.05) is 26.1 Å². The number of carboxylic acids is 1. The van der Waals surface area contributed by atoms with Gasteiger partial charge in [-0.05, 0) is 25.9 Å². The van der Waals surface area contributed by atoms with E-state index in [0.717, 1.165) is 25.9 Å². The van der Waals surface area contributed by atoms with Crippen molar-refractivity contribution in [3.63, 3.8) is 0 Å². The van der Waals surface area contributed by atoms with Gasteiger partial charge in [0.15, 0.2) is 5.71 Å². The minimum atomic E-state index is -1.13. The second kappa shape index (κ2) is 6.21. The SMILES string of the molecule is CCN1CCCC1CN(C)C(=O)C1CC(C(=O)O)=NO1. The van der Waals surface area contributed by atoms with Crippen molar-refractivity contribution in [3.8, 4) is 0 Å². The van der Waals surface area contributed by atoms with E-state index in [2.05, 4.69) is 17.0 Å². The molecule has 2 rings (SSSR count). The van der Waals surface area contributed by atoms with Gasteiger partial charge < -0.3 is 14.8 Å². The molecule has 0 aromatic heterocycles. The maximum absolute atomic E-state index is 12.2. The van der Waals surface area contributed by atoms with Crippen LogP contribution >= 0.6 is 0 Å². The van der Waals surface area contributed by atoms with Crippen molar-refractivity contribution in [1.29, 1.82) is 0 Å². The van der Waals surface area contributed by atoms with Crippen LogP contribution in [0, 0.1) is 0 Å². The van der Waals surface area contributed by atoms with E-state index in [-0.39, 0.29) is 18.0 Å². The topological polar surface area (TPSA) is 82.4 Å². The number of rotatable bonds is 5. The van der Waals surface area contributed by atoms with Crippen LogP contribution in [-0.2, 0) is 14.4 Å². The zero-order chi connectivity index (χ0) is 14.7. The van der Waals surface area contributed by atoms with Crippen molar-refractivity contribution >= 4 is 17.6 Å². The van der Waals surface area contributed by atoms with Gasteiger partial charge >= 0.3 is 5.97 Å². The molecule has 0 saturated carbocycles. The molecular formula is C13H21N3O4. The summed E-state index contributed by atoms with van der Waals surface area (Å²) in [5, 5.41) is 12.2. The summed E-state index contributed by atoms with van der Waals surface area (Å²) in [6.45, 7) is 4.83. The van der Waals surface area contributed by atoms with E-state index in [1.165, 1.54) is 0 Å². The highest BCUT2D eigenvalue weighted by atomic mass is 16.6. The number of hydrogen-bond acceptors (Lipinski definition) is 5. The largest absolute Gasteiger partial charge is 0.477 e. The Morgan fingerprint density at radius 3 is 2.90 bits per heavy atom. The third-order valence-electron chi connectivity index (χ3n) is 3.96. The Bertz CT molecular complexity index is 424. The van der Waals surface area contributed by atoms with Gasteiger partial charge in [0.05, 0.1) is 0 Å². The number of carboxylic acid groups (broad SMARTS) is 1. The fourth-order valence-electron chi connectivity index (χ4n) is 2.81. The van der Waals surface area contributed by atoms with E-state index in [4.69, 9.17) is 9.94 Å². The Morgan fingerprint density at radius 2 is 2.30 bits per heavy atom. The lowest BCUT2D eigenvalue weighted by atomic mass is 10.1. The molecule has 2 atom stereocenters. The van der Waals surface area contributed by atoms with E-state index in [9.17, 15) is 9.59 Å². The van der Waals surface area contributed by atoms with Crippen LogP contribution in [0.3, 0.4) is 0 Å². The summed E-state index contributed by atoms with van der Waals surface area (Å²) in [5.41, 5.74) is -0.0900. The highest BCUT2D eigenvalue weighted by Crippen LogP contribution is 2.19. The quantitative estimate of drug-likeness (QED) is 0.777. The summed E-state index contributed by atoms with van der Waals surface area (Å²) in [6.07, 6.45) is 1.50. The minimum absolute atomic E-state index is 0.0423. The molecule has 0 aromatic carbocycles. The van der Waals surface area contributed by atoms with Gasteiger partial charge in [-0.2, -0.15) is 0 Å². The summed E-state index contributed by atoms with van der Waals surface area (Å²) in [6, 6.07) is 0.384. The number of likely N-dealkylation sites (tertiary alicyclic amines) is 1. The summed E-state index contributed by atoms with van der Waals surface area (Å²) in [7, 11) is 1.73. The molecule has 2 unspecified atom stereocenters. The highest BCUT2D eigenvalue weighted by Gasteiger charge is 2.35. The normalized spacial score (nSPS) is 26.2. The number of amides is 1. The first-order valence-corrected chi connectivity index (χ1v) is 6.98. The van der Waals surface area contributed by atoms with Crippen molar-refractivity contribution in [2.75, 3.05) is 26.7 Å². The van der Waals surface area contributed by atoms with E-state index in [1.54, 1.807) is 11.9 Å².